The fraction of sp³-hybridized carbons (Fsp3) is 0.500. The van der Waals surface area contributed by atoms with Crippen LogP contribution in [0.5, 0.6) is 0 Å². The number of nitrogen functional groups attached to an aromatic ring is 1. The van der Waals surface area contributed by atoms with Gasteiger partial charge in [-0.25, -0.2) is 0 Å². The third-order valence-corrected chi connectivity index (χ3v) is 3.52. The van der Waals surface area contributed by atoms with Crippen LogP contribution in [-0.4, -0.2) is 20.5 Å². The summed E-state index contributed by atoms with van der Waals surface area (Å²) in [5, 5.41) is 0. The Hall–Kier alpha value is -0.330. The summed E-state index contributed by atoms with van der Waals surface area (Å²) in [6.07, 6.45) is 0.877. The fourth-order valence-electron chi connectivity index (χ4n) is 1.69. The SMILES string of the molecule is COCOCCc1c(C)cc(I)c(N)c1C. The van der Waals surface area contributed by atoms with E-state index in [9.17, 15) is 0 Å². The molecule has 0 spiro atoms. The fourth-order valence-corrected chi connectivity index (χ4v) is 2.57. The molecule has 1 aromatic rings. The molecule has 0 saturated heterocycles. The maximum Gasteiger partial charge on any atom is 0.146 e. The van der Waals surface area contributed by atoms with Crippen LogP contribution in [0.15, 0.2) is 6.07 Å². The van der Waals surface area contributed by atoms with Crippen molar-refractivity contribution in [2.24, 2.45) is 0 Å². The highest BCUT2D eigenvalue weighted by Crippen LogP contribution is 2.26. The van der Waals surface area contributed by atoms with Gasteiger partial charge in [0, 0.05) is 16.4 Å². The van der Waals surface area contributed by atoms with Crippen molar-refractivity contribution < 1.29 is 9.47 Å². The van der Waals surface area contributed by atoms with Gasteiger partial charge in [-0.3, -0.25) is 0 Å². The van der Waals surface area contributed by atoms with Crippen LogP contribution in [0.25, 0.3) is 0 Å². The zero-order chi connectivity index (χ0) is 12.1. The number of aryl methyl sites for hydroxylation is 1. The summed E-state index contributed by atoms with van der Waals surface area (Å²) in [4.78, 5) is 0. The number of hydrogen-bond donors (Lipinski definition) is 1. The summed E-state index contributed by atoms with van der Waals surface area (Å²) in [6.45, 7) is 5.18. The van der Waals surface area contributed by atoms with Crippen LogP contribution < -0.4 is 5.73 Å². The lowest BCUT2D eigenvalue weighted by atomic mass is 9.99. The molecule has 0 aliphatic carbocycles. The maximum atomic E-state index is 6.01. The van der Waals surface area contributed by atoms with E-state index >= 15 is 0 Å². The molecule has 0 aromatic heterocycles. The summed E-state index contributed by atoms with van der Waals surface area (Å²) >= 11 is 2.27. The van der Waals surface area contributed by atoms with Gasteiger partial charge in [0.25, 0.3) is 0 Å². The zero-order valence-electron chi connectivity index (χ0n) is 9.97. The topological polar surface area (TPSA) is 44.5 Å². The first-order valence-electron chi connectivity index (χ1n) is 5.18. The number of methoxy groups -OCH3 is 1. The highest BCUT2D eigenvalue weighted by Gasteiger charge is 2.09. The van der Waals surface area contributed by atoms with E-state index in [0.29, 0.717) is 13.4 Å². The standard InChI is InChI=1S/C12H18INO2/c1-8-6-11(13)12(14)9(2)10(8)4-5-16-7-15-3/h6H,4-5,7,14H2,1-3H3. The molecule has 4 heteroatoms. The second-order valence-electron chi connectivity index (χ2n) is 3.76. The molecular formula is C12H18INO2. The van der Waals surface area contributed by atoms with E-state index in [1.165, 1.54) is 16.7 Å². The predicted octanol–water partition coefficient (Wildman–Crippen LogP) is 2.65. The van der Waals surface area contributed by atoms with Gasteiger partial charge in [-0.1, -0.05) is 0 Å². The second-order valence-corrected chi connectivity index (χ2v) is 4.92. The Morgan fingerprint density at radius 1 is 1.38 bits per heavy atom. The Labute approximate surface area is 110 Å². The van der Waals surface area contributed by atoms with Crippen LogP contribution in [0.3, 0.4) is 0 Å². The van der Waals surface area contributed by atoms with Crippen molar-refractivity contribution in [2.75, 3.05) is 26.2 Å². The van der Waals surface area contributed by atoms with Crippen LogP contribution in [0, 0.1) is 17.4 Å². The molecule has 2 N–H and O–H groups in total. The van der Waals surface area contributed by atoms with Gasteiger partial charge in [0.1, 0.15) is 6.79 Å². The Kier molecular flexibility index (Phi) is 5.51. The molecule has 90 valence electrons. The average Bonchev–Trinajstić information content (AvgIpc) is 2.25. The first-order valence-corrected chi connectivity index (χ1v) is 6.26. The lowest BCUT2D eigenvalue weighted by molar-refractivity contribution is -0.0292. The van der Waals surface area contributed by atoms with Crippen LogP contribution in [0.4, 0.5) is 5.69 Å². The van der Waals surface area contributed by atoms with Crippen molar-refractivity contribution in [3.8, 4) is 0 Å². The molecule has 16 heavy (non-hydrogen) atoms. The first-order chi connectivity index (χ1) is 7.57. The van der Waals surface area contributed by atoms with Gasteiger partial charge in [-0.05, 0) is 65.6 Å². The minimum Gasteiger partial charge on any atom is -0.398 e. The van der Waals surface area contributed by atoms with Crippen molar-refractivity contribution in [1.29, 1.82) is 0 Å². The van der Waals surface area contributed by atoms with Crippen LogP contribution >= 0.6 is 22.6 Å². The minimum atomic E-state index is 0.345. The molecule has 0 aliphatic rings. The molecule has 0 bridgehead atoms. The summed E-state index contributed by atoms with van der Waals surface area (Å²) < 4.78 is 11.3. The Balaban J connectivity index is 2.76. The van der Waals surface area contributed by atoms with Crippen LogP contribution in [0.2, 0.25) is 0 Å². The van der Waals surface area contributed by atoms with Crippen LogP contribution in [-0.2, 0) is 15.9 Å². The van der Waals surface area contributed by atoms with Crippen LogP contribution in [0.1, 0.15) is 16.7 Å². The van der Waals surface area contributed by atoms with E-state index < -0.39 is 0 Å². The molecule has 0 aliphatic heterocycles. The van der Waals surface area contributed by atoms with Crippen molar-refractivity contribution in [3.05, 3.63) is 26.3 Å². The van der Waals surface area contributed by atoms with Gasteiger partial charge in [-0.15, -0.1) is 0 Å². The molecule has 0 atom stereocenters. The summed E-state index contributed by atoms with van der Waals surface area (Å²) in [5.74, 6) is 0. The Morgan fingerprint density at radius 3 is 2.69 bits per heavy atom. The molecule has 0 fully saturated rings. The number of benzene rings is 1. The van der Waals surface area contributed by atoms with E-state index in [4.69, 9.17) is 15.2 Å². The lowest BCUT2D eigenvalue weighted by Crippen LogP contribution is -2.06. The average molecular weight is 335 g/mol. The molecule has 0 unspecified atom stereocenters. The molecule has 0 saturated carbocycles. The summed E-state index contributed by atoms with van der Waals surface area (Å²) in [7, 11) is 1.62. The van der Waals surface area contributed by atoms with Gasteiger partial charge < -0.3 is 15.2 Å². The van der Waals surface area contributed by atoms with Gasteiger partial charge in [0.05, 0.1) is 6.61 Å². The first kappa shape index (κ1) is 13.7. The molecule has 0 heterocycles. The summed E-state index contributed by atoms with van der Waals surface area (Å²) in [5.41, 5.74) is 10.6. The smallest absolute Gasteiger partial charge is 0.146 e. The van der Waals surface area contributed by atoms with E-state index in [2.05, 4.69) is 42.5 Å². The highest BCUT2D eigenvalue weighted by molar-refractivity contribution is 14.1. The van der Waals surface area contributed by atoms with Crippen molar-refractivity contribution in [2.45, 2.75) is 20.3 Å². The lowest BCUT2D eigenvalue weighted by Gasteiger charge is -2.14. The van der Waals surface area contributed by atoms with Gasteiger partial charge in [0.2, 0.25) is 0 Å². The van der Waals surface area contributed by atoms with Gasteiger partial charge >= 0.3 is 0 Å². The Morgan fingerprint density at radius 2 is 2.06 bits per heavy atom. The van der Waals surface area contributed by atoms with Gasteiger partial charge in [0.15, 0.2) is 0 Å². The van der Waals surface area contributed by atoms with E-state index in [1.807, 2.05) is 0 Å². The molecule has 3 nitrogen and oxygen atoms in total. The molecule has 1 aromatic carbocycles. The zero-order valence-corrected chi connectivity index (χ0v) is 12.1. The van der Waals surface area contributed by atoms with E-state index in [-0.39, 0.29) is 0 Å². The highest BCUT2D eigenvalue weighted by atomic mass is 127. The predicted molar refractivity (Wildman–Crippen MR) is 74.6 cm³/mol. The third-order valence-electron chi connectivity index (χ3n) is 2.63. The number of halogens is 1. The van der Waals surface area contributed by atoms with Crippen molar-refractivity contribution in [1.82, 2.24) is 0 Å². The quantitative estimate of drug-likeness (QED) is 0.389. The molecular weight excluding hydrogens is 317 g/mol. The van der Waals surface area contributed by atoms with Crippen molar-refractivity contribution in [3.63, 3.8) is 0 Å². The molecule has 1 rings (SSSR count). The molecule has 0 radical (unpaired) electrons. The van der Waals surface area contributed by atoms with Gasteiger partial charge in [-0.2, -0.15) is 0 Å². The number of nitrogens with two attached hydrogens (primary N) is 1. The largest absolute Gasteiger partial charge is 0.398 e. The normalized spacial score (nSPS) is 10.8. The third kappa shape index (κ3) is 3.33. The Bertz CT molecular complexity index is 367. The number of rotatable bonds is 5. The monoisotopic (exact) mass is 335 g/mol. The minimum absolute atomic E-state index is 0.345. The maximum absolute atomic E-state index is 6.01. The van der Waals surface area contributed by atoms with E-state index in [1.54, 1.807) is 7.11 Å². The summed E-state index contributed by atoms with van der Waals surface area (Å²) in [6, 6.07) is 2.12. The molecule has 0 amide bonds. The second kappa shape index (κ2) is 6.42. The number of ether oxygens (including phenoxy) is 2. The number of hydrogen-bond acceptors (Lipinski definition) is 3. The van der Waals surface area contributed by atoms with Crippen molar-refractivity contribution >= 4 is 28.3 Å². The number of anilines is 1. The van der Waals surface area contributed by atoms with E-state index in [0.717, 1.165) is 15.7 Å².